The highest BCUT2D eigenvalue weighted by molar-refractivity contribution is 7.18. The summed E-state index contributed by atoms with van der Waals surface area (Å²) in [6, 6.07) is 6.89. The number of cyclic esters (lactones) is 1. The van der Waals surface area contributed by atoms with Crippen LogP contribution >= 0.6 is 35.3 Å². The molecule has 12 nitrogen and oxygen atoms in total. The van der Waals surface area contributed by atoms with Crippen LogP contribution in [0.25, 0.3) is 0 Å². The molecule has 0 bridgehead atoms. The number of likely N-dealkylation sites (tertiary alicyclic amines) is 1. The van der Waals surface area contributed by atoms with Crippen LogP contribution in [0, 0.1) is 5.82 Å². The Bertz CT molecular complexity index is 1450. The van der Waals surface area contributed by atoms with Crippen LogP contribution in [0.1, 0.15) is 41.8 Å². The van der Waals surface area contributed by atoms with E-state index >= 15 is 4.39 Å². The molecule has 3 fully saturated rings. The highest BCUT2D eigenvalue weighted by Crippen LogP contribution is 2.30. The average Bonchev–Trinajstić information content (AvgIpc) is 3.74. The van der Waals surface area contributed by atoms with Crippen molar-refractivity contribution in [3.63, 3.8) is 0 Å². The molecular formula is C29H34Cl2FN5O7S. The molecule has 0 saturated carbocycles. The monoisotopic (exact) mass is 685 g/mol. The zero-order chi connectivity index (χ0) is 31.4. The van der Waals surface area contributed by atoms with Crippen LogP contribution < -0.4 is 15.5 Å². The Kier molecular flexibility index (Phi) is 11.8. The fourth-order valence-electron chi connectivity index (χ4n) is 5.69. The number of halogens is 3. The summed E-state index contributed by atoms with van der Waals surface area (Å²) in [5.41, 5.74) is 5.78. The number of anilines is 2. The van der Waals surface area contributed by atoms with Gasteiger partial charge >= 0.3 is 6.09 Å². The van der Waals surface area contributed by atoms with E-state index < -0.39 is 29.8 Å². The number of carbonyl (C=O) groups is 5. The van der Waals surface area contributed by atoms with Gasteiger partial charge in [0.2, 0.25) is 11.8 Å². The first-order chi connectivity index (χ1) is 21.1. The number of hydrogen-bond acceptors (Lipinski definition) is 9. The van der Waals surface area contributed by atoms with Crippen LogP contribution in [0.3, 0.4) is 0 Å². The van der Waals surface area contributed by atoms with Gasteiger partial charge in [0, 0.05) is 18.7 Å². The van der Waals surface area contributed by atoms with Gasteiger partial charge in [0.1, 0.15) is 18.5 Å². The van der Waals surface area contributed by atoms with Crippen LogP contribution in [0.5, 0.6) is 0 Å². The minimum Gasteiger partial charge on any atom is -0.442 e. The van der Waals surface area contributed by atoms with Crippen molar-refractivity contribution < 1.29 is 37.8 Å². The summed E-state index contributed by atoms with van der Waals surface area (Å²) in [6.45, 7) is 1.56. The van der Waals surface area contributed by atoms with Gasteiger partial charge in [-0.1, -0.05) is 11.6 Å². The molecule has 3 aliphatic rings. The Labute approximate surface area is 274 Å². The summed E-state index contributed by atoms with van der Waals surface area (Å²) in [6.07, 6.45) is 1.02. The highest BCUT2D eigenvalue weighted by Gasteiger charge is 2.38. The van der Waals surface area contributed by atoms with Gasteiger partial charge in [0.25, 0.3) is 11.8 Å². The zero-order valence-corrected chi connectivity index (χ0v) is 26.7. The molecule has 3 aliphatic heterocycles. The SMILES string of the molecule is Cl.NC(=O)[C@@H]1CCCN1CCCCC(=O)N(C[C@H]1CN(c2ccc(N3CCOCC3=O)cc2F)C(=O)O1)C(=O)c1ccc(Cl)s1. The number of rotatable bonds is 11. The quantitative estimate of drug-likeness (QED) is 0.355. The molecule has 5 rings (SSSR count). The lowest BCUT2D eigenvalue weighted by Crippen LogP contribution is -2.43. The third-order valence-electron chi connectivity index (χ3n) is 7.89. The van der Waals surface area contributed by atoms with Gasteiger partial charge in [0.05, 0.1) is 40.6 Å². The van der Waals surface area contributed by atoms with Gasteiger partial charge in [0.15, 0.2) is 0 Å². The number of imide groups is 1. The van der Waals surface area contributed by atoms with E-state index in [0.29, 0.717) is 36.0 Å². The fraction of sp³-hybridized carbons (Fsp3) is 0.483. The first kappa shape index (κ1) is 34.6. The maximum absolute atomic E-state index is 15.2. The number of benzene rings is 1. The van der Waals surface area contributed by atoms with Crippen molar-refractivity contribution >= 4 is 76.4 Å². The van der Waals surface area contributed by atoms with E-state index in [1.54, 1.807) is 6.07 Å². The molecular weight excluding hydrogens is 652 g/mol. The first-order valence-electron chi connectivity index (χ1n) is 14.4. The molecule has 16 heteroatoms. The van der Waals surface area contributed by atoms with Crippen molar-refractivity contribution in [1.82, 2.24) is 9.80 Å². The summed E-state index contributed by atoms with van der Waals surface area (Å²) < 4.78 is 26.2. The summed E-state index contributed by atoms with van der Waals surface area (Å²) >= 11 is 7.06. The maximum atomic E-state index is 15.2. The number of morpholine rings is 1. The average molecular weight is 687 g/mol. The Hall–Kier alpha value is -3.30. The van der Waals surface area contributed by atoms with Gasteiger partial charge in [-0.15, -0.1) is 23.7 Å². The lowest BCUT2D eigenvalue weighted by Gasteiger charge is -2.27. The molecule has 3 saturated heterocycles. The second kappa shape index (κ2) is 15.3. The zero-order valence-electron chi connectivity index (χ0n) is 24.3. The van der Waals surface area contributed by atoms with E-state index in [2.05, 4.69) is 0 Å². The molecule has 0 radical (unpaired) electrons. The number of ether oxygens (including phenoxy) is 2. The van der Waals surface area contributed by atoms with E-state index in [0.717, 1.165) is 40.5 Å². The van der Waals surface area contributed by atoms with Gasteiger partial charge in [-0.25, -0.2) is 9.18 Å². The molecule has 4 heterocycles. The Morgan fingerprint density at radius 1 is 1.11 bits per heavy atom. The summed E-state index contributed by atoms with van der Waals surface area (Å²) in [7, 11) is 0. The van der Waals surface area contributed by atoms with E-state index in [-0.39, 0.29) is 73.5 Å². The van der Waals surface area contributed by atoms with Gasteiger partial charge in [-0.2, -0.15) is 0 Å². The fourth-order valence-corrected chi connectivity index (χ4v) is 6.69. The summed E-state index contributed by atoms with van der Waals surface area (Å²) in [5.74, 6) is -2.40. The molecule has 2 atom stereocenters. The third kappa shape index (κ3) is 8.11. The Morgan fingerprint density at radius 3 is 2.60 bits per heavy atom. The highest BCUT2D eigenvalue weighted by atomic mass is 35.5. The van der Waals surface area contributed by atoms with E-state index in [9.17, 15) is 24.0 Å². The number of primary amides is 1. The lowest BCUT2D eigenvalue weighted by atomic mass is 10.1. The number of amides is 5. The van der Waals surface area contributed by atoms with Crippen molar-refractivity contribution in [2.75, 3.05) is 55.7 Å². The molecule has 0 unspecified atom stereocenters. The standard InChI is InChI=1S/C29H33ClFN5O7S.ClH/c30-24-9-8-23(44-24)28(40)36(25(37)5-1-2-10-33-11-3-4-22(33)27(32)39)16-19-15-35(29(41)43-19)21-7-6-18(14-20(21)31)34-12-13-42-17-26(34)38;/h6-9,14,19,22H,1-5,10-13,15-17H2,(H2,32,39);1H/t19-,22+;/m1./s1. The topological polar surface area (TPSA) is 143 Å². The van der Waals surface area contributed by atoms with Crippen molar-refractivity contribution in [3.8, 4) is 0 Å². The number of hydrogen-bond donors (Lipinski definition) is 1. The predicted octanol–water partition coefficient (Wildman–Crippen LogP) is 3.44. The minimum absolute atomic E-state index is 0. The largest absolute Gasteiger partial charge is 0.442 e. The van der Waals surface area contributed by atoms with Crippen molar-refractivity contribution in [2.24, 2.45) is 5.73 Å². The summed E-state index contributed by atoms with van der Waals surface area (Å²) in [5, 5.41) is 0. The van der Waals surface area contributed by atoms with Gasteiger partial charge in [-0.05, 0) is 69.1 Å². The smallest absolute Gasteiger partial charge is 0.414 e. The molecule has 2 N–H and O–H groups in total. The number of nitrogens with zero attached hydrogens (tertiary/aromatic N) is 4. The number of nitrogens with two attached hydrogens (primary N) is 1. The van der Waals surface area contributed by atoms with Crippen molar-refractivity contribution in [2.45, 2.75) is 44.2 Å². The second-order valence-corrected chi connectivity index (χ2v) is 12.5. The normalized spacial score (nSPS) is 20.2. The maximum Gasteiger partial charge on any atom is 0.414 e. The molecule has 2 aromatic rings. The van der Waals surface area contributed by atoms with Gasteiger partial charge in [-0.3, -0.25) is 33.9 Å². The molecule has 45 heavy (non-hydrogen) atoms. The minimum atomic E-state index is -0.911. The first-order valence-corrected chi connectivity index (χ1v) is 15.6. The molecule has 1 aromatic heterocycles. The molecule has 0 spiro atoms. The van der Waals surface area contributed by atoms with Crippen LogP contribution in [0.4, 0.5) is 20.6 Å². The summed E-state index contributed by atoms with van der Waals surface area (Å²) in [4.78, 5) is 69.2. The third-order valence-corrected chi connectivity index (χ3v) is 9.11. The number of carbonyl (C=O) groups excluding carboxylic acids is 5. The van der Waals surface area contributed by atoms with Crippen LogP contribution in [-0.4, -0.2) is 97.6 Å². The second-order valence-electron chi connectivity index (χ2n) is 10.8. The molecule has 5 amide bonds. The number of unbranched alkanes of at least 4 members (excludes halogenated alkanes) is 1. The predicted molar refractivity (Wildman–Crippen MR) is 167 cm³/mol. The number of thiophene rings is 1. The lowest BCUT2D eigenvalue weighted by molar-refractivity contribution is -0.130. The van der Waals surface area contributed by atoms with Crippen LogP contribution in [0.15, 0.2) is 30.3 Å². The van der Waals surface area contributed by atoms with Crippen LogP contribution in [-0.2, 0) is 23.9 Å². The van der Waals surface area contributed by atoms with Crippen molar-refractivity contribution in [3.05, 3.63) is 45.4 Å². The van der Waals surface area contributed by atoms with E-state index in [1.165, 1.54) is 29.2 Å². The van der Waals surface area contributed by atoms with Crippen LogP contribution in [0.2, 0.25) is 4.34 Å². The molecule has 0 aliphatic carbocycles. The van der Waals surface area contributed by atoms with E-state index in [4.69, 9.17) is 26.8 Å². The van der Waals surface area contributed by atoms with E-state index in [1.807, 2.05) is 4.90 Å². The van der Waals surface area contributed by atoms with Gasteiger partial charge < -0.3 is 20.1 Å². The van der Waals surface area contributed by atoms with Crippen molar-refractivity contribution in [1.29, 1.82) is 0 Å². The molecule has 244 valence electrons. The molecule has 1 aromatic carbocycles. The Morgan fingerprint density at radius 2 is 1.91 bits per heavy atom. The Balaban J connectivity index is 0.00000461.